The zero-order chi connectivity index (χ0) is 16.6. The van der Waals surface area contributed by atoms with Crippen LogP contribution >= 0.6 is 34.8 Å². The summed E-state index contributed by atoms with van der Waals surface area (Å²) in [5, 5.41) is 3.52. The lowest BCUT2D eigenvalue weighted by Gasteiger charge is -2.08. The Bertz CT molecular complexity index is 910. The number of nitrogens with one attached hydrogen (secondary N) is 1. The van der Waals surface area contributed by atoms with Crippen molar-refractivity contribution >= 4 is 52.0 Å². The van der Waals surface area contributed by atoms with Crippen LogP contribution in [0.3, 0.4) is 0 Å². The van der Waals surface area contributed by atoms with Crippen LogP contribution in [0.4, 0.5) is 10.1 Å². The second-order valence-corrected chi connectivity index (χ2v) is 6.04. The molecule has 1 N–H and O–H groups in total. The van der Waals surface area contributed by atoms with E-state index < -0.39 is 0 Å². The summed E-state index contributed by atoms with van der Waals surface area (Å²) < 4.78 is 14.7. The Morgan fingerprint density at radius 3 is 2.65 bits per heavy atom. The summed E-state index contributed by atoms with van der Waals surface area (Å²) in [4.78, 5) is 16.3. The highest BCUT2D eigenvalue weighted by Gasteiger charge is 2.12. The number of anilines is 1. The Balaban J connectivity index is 1.77. The minimum atomic E-state index is -0.381. The number of aromatic nitrogens is 2. The Morgan fingerprint density at radius 1 is 1.13 bits per heavy atom. The Hall–Kier alpha value is -1.82. The van der Waals surface area contributed by atoms with E-state index in [1.807, 2.05) is 0 Å². The van der Waals surface area contributed by atoms with Gasteiger partial charge in [-0.25, -0.2) is 9.37 Å². The van der Waals surface area contributed by atoms with Crippen LogP contribution in [0, 0.1) is 5.82 Å². The summed E-state index contributed by atoms with van der Waals surface area (Å²) in [6, 6.07) is 5.77. The normalized spacial score (nSPS) is 11.0. The quantitative estimate of drug-likeness (QED) is 0.682. The van der Waals surface area contributed by atoms with Crippen LogP contribution in [0.1, 0.15) is 5.69 Å². The molecule has 118 valence electrons. The van der Waals surface area contributed by atoms with E-state index >= 15 is 0 Å². The van der Waals surface area contributed by atoms with Crippen molar-refractivity contribution in [3.8, 4) is 0 Å². The first kappa shape index (κ1) is 16.1. The Morgan fingerprint density at radius 2 is 1.87 bits per heavy atom. The number of halogens is 4. The van der Waals surface area contributed by atoms with Gasteiger partial charge in [-0.05, 0) is 24.3 Å². The lowest BCUT2D eigenvalue weighted by molar-refractivity contribution is -0.115. The van der Waals surface area contributed by atoms with Gasteiger partial charge in [0.25, 0.3) is 0 Å². The van der Waals surface area contributed by atoms with Gasteiger partial charge in [-0.1, -0.05) is 34.8 Å². The van der Waals surface area contributed by atoms with Gasteiger partial charge in [0.15, 0.2) is 0 Å². The lowest BCUT2D eigenvalue weighted by Crippen LogP contribution is -2.15. The maximum absolute atomic E-state index is 13.1. The molecule has 2 aromatic heterocycles. The fourth-order valence-electron chi connectivity index (χ4n) is 2.08. The van der Waals surface area contributed by atoms with Crippen LogP contribution in [-0.4, -0.2) is 15.3 Å². The molecule has 0 atom stereocenters. The van der Waals surface area contributed by atoms with Gasteiger partial charge in [-0.15, -0.1) is 0 Å². The number of fused-ring (bicyclic) bond motifs is 1. The van der Waals surface area contributed by atoms with Crippen molar-refractivity contribution in [3.63, 3.8) is 0 Å². The minimum Gasteiger partial charge on any atom is -0.324 e. The third kappa shape index (κ3) is 3.58. The van der Waals surface area contributed by atoms with E-state index in [4.69, 9.17) is 34.8 Å². The predicted molar refractivity (Wildman–Crippen MR) is 89.0 cm³/mol. The van der Waals surface area contributed by atoms with Gasteiger partial charge in [-0.3, -0.25) is 4.79 Å². The summed E-state index contributed by atoms with van der Waals surface area (Å²) in [6.07, 6.45) is 2.90. The summed E-state index contributed by atoms with van der Waals surface area (Å²) in [5.74, 6) is -0.706. The molecule has 0 saturated carbocycles. The fraction of sp³-hybridized carbons (Fsp3) is 0.0667. The first-order chi connectivity index (χ1) is 10.9. The van der Waals surface area contributed by atoms with Gasteiger partial charge in [-0.2, -0.15) is 0 Å². The summed E-state index contributed by atoms with van der Waals surface area (Å²) >= 11 is 17.8. The largest absolute Gasteiger partial charge is 0.324 e. The molecule has 8 heteroatoms. The molecule has 2 heterocycles. The minimum absolute atomic E-state index is 0.0138. The zero-order valence-electron chi connectivity index (χ0n) is 11.5. The molecule has 0 aliphatic heterocycles. The van der Waals surface area contributed by atoms with Gasteiger partial charge in [0.05, 0.1) is 32.9 Å². The van der Waals surface area contributed by atoms with Crippen molar-refractivity contribution in [3.05, 3.63) is 63.2 Å². The molecule has 0 spiro atoms. The number of rotatable bonds is 3. The highest BCUT2D eigenvalue weighted by atomic mass is 35.5. The van der Waals surface area contributed by atoms with E-state index in [2.05, 4.69) is 10.3 Å². The molecular weight excluding hydrogens is 364 g/mol. The number of pyridine rings is 1. The number of carbonyl (C=O) groups is 1. The van der Waals surface area contributed by atoms with Gasteiger partial charge < -0.3 is 9.72 Å². The molecule has 1 aromatic carbocycles. The number of nitrogens with zero attached hydrogens (tertiary/aromatic N) is 2. The monoisotopic (exact) mass is 371 g/mol. The number of amides is 1. The number of benzene rings is 1. The van der Waals surface area contributed by atoms with Crippen LogP contribution in [0.25, 0.3) is 5.65 Å². The first-order valence-electron chi connectivity index (χ1n) is 6.50. The summed E-state index contributed by atoms with van der Waals surface area (Å²) in [6.45, 7) is 0. The lowest BCUT2D eigenvalue weighted by atomic mass is 10.2. The topological polar surface area (TPSA) is 46.4 Å². The zero-order valence-corrected chi connectivity index (χ0v) is 13.8. The van der Waals surface area contributed by atoms with Gasteiger partial charge >= 0.3 is 0 Å². The number of carbonyl (C=O) groups excluding carboxylic acids is 1. The molecule has 0 saturated heterocycles. The van der Waals surface area contributed by atoms with Crippen LogP contribution in [-0.2, 0) is 11.2 Å². The van der Waals surface area contributed by atoms with Crippen LogP contribution < -0.4 is 5.32 Å². The van der Waals surface area contributed by atoms with Crippen LogP contribution in [0.15, 0.2) is 36.7 Å². The van der Waals surface area contributed by atoms with Crippen LogP contribution in [0.2, 0.25) is 15.1 Å². The number of hydrogen-bond acceptors (Lipinski definition) is 2. The molecule has 0 radical (unpaired) electrons. The Kier molecular flexibility index (Phi) is 4.43. The van der Waals surface area contributed by atoms with E-state index in [1.54, 1.807) is 6.20 Å². The molecule has 0 aliphatic rings. The second kappa shape index (κ2) is 6.35. The van der Waals surface area contributed by atoms with Gasteiger partial charge in [0.2, 0.25) is 5.91 Å². The molecular formula is C15H9Cl3FN3O. The average Bonchev–Trinajstić information content (AvgIpc) is 2.85. The third-order valence-electron chi connectivity index (χ3n) is 3.09. The van der Waals surface area contributed by atoms with E-state index in [-0.39, 0.29) is 28.2 Å². The molecule has 4 nitrogen and oxygen atoms in total. The van der Waals surface area contributed by atoms with Crippen molar-refractivity contribution in [1.82, 2.24) is 9.38 Å². The highest BCUT2D eigenvalue weighted by molar-refractivity contribution is 6.44. The highest BCUT2D eigenvalue weighted by Crippen LogP contribution is 2.32. The second-order valence-electron chi connectivity index (χ2n) is 4.82. The smallest absolute Gasteiger partial charge is 0.230 e. The van der Waals surface area contributed by atoms with E-state index in [0.29, 0.717) is 22.1 Å². The predicted octanol–water partition coefficient (Wildman–Crippen LogP) is 4.61. The molecule has 3 rings (SSSR count). The average molecular weight is 373 g/mol. The van der Waals surface area contributed by atoms with Crippen molar-refractivity contribution in [2.45, 2.75) is 6.42 Å². The van der Waals surface area contributed by atoms with Crippen molar-refractivity contribution < 1.29 is 9.18 Å². The molecule has 23 heavy (non-hydrogen) atoms. The molecule has 1 amide bonds. The molecule has 0 aliphatic carbocycles. The van der Waals surface area contributed by atoms with Gasteiger partial charge in [0, 0.05) is 12.4 Å². The fourth-order valence-corrected chi connectivity index (χ4v) is 2.67. The molecule has 0 fully saturated rings. The van der Waals surface area contributed by atoms with Crippen molar-refractivity contribution in [1.29, 1.82) is 0 Å². The maximum Gasteiger partial charge on any atom is 0.230 e. The summed E-state index contributed by atoms with van der Waals surface area (Å²) in [7, 11) is 0. The maximum atomic E-state index is 13.1. The third-order valence-corrected chi connectivity index (χ3v) is 4.13. The van der Waals surface area contributed by atoms with E-state index in [9.17, 15) is 9.18 Å². The molecule has 0 bridgehead atoms. The van der Waals surface area contributed by atoms with E-state index in [1.165, 1.54) is 34.9 Å². The Labute approximate surface area is 145 Å². The van der Waals surface area contributed by atoms with Crippen molar-refractivity contribution in [2.75, 3.05) is 5.32 Å². The molecule has 0 unspecified atom stereocenters. The first-order valence-corrected chi connectivity index (χ1v) is 7.63. The number of hydrogen-bond donors (Lipinski definition) is 1. The van der Waals surface area contributed by atoms with Crippen LogP contribution in [0.5, 0.6) is 0 Å². The SMILES string of the molecule is O=C(Cc1cn2cc(F)ccc2n1)Nc1cc(Cl)c(Cl)cc1Cl. The van der Waals surface area contributed by atoms with E-state index in [0.717, 1.165) is 0 Å². The summed E-state index contributed by atoms with van der Waals surface area (Å²) in [5.41, 5.74) is 1.42. The van der Waals surface area contributed by atoms with Gasteiger partial charge in [0.1, 0.15) is 11.5 Å². The molecule has 3 aromatic rings. The van der Waals surface area contributed by atoms with Crippen molar-refractivity contribution in [2.24, 2.45) is 0 Å². The number of imidazole rings is 1. The standard InChI is InChI=1S/C15H9Cl3FN3O/c16-10-4-12(18)13(5-11(10)17)21-15(23)3-9-7-22-6-8(19)1-2-14(22)20-9/h1-2,4-7H,3H2,(H,21,23).